The van der Waals surface area contributed by atoms with Gasteiger partial charge in [-0.15, -0.1) is 0 Å². The van der Waals surface area contributed by atoms with Gasteiger partial charge in [-0.3, -0.25) is 0 Å². The monoisotopic (exact) mass is 269 g/mol. The lowest BCUT2D eigenvalue weighted by Crippen LogP contribution is -2.17. The molecule has 1 unspecified atom stereocenters. The molecular weight excluding hydrogens is 258 g/mol. The Labute approximate surface area is 96.0 Å². The summed E-state index contributed by atoms with van der Waals surface area (Å²) in [6.45, 7) is 0.459. The van der Waals surface area contributed by atoms with E-state index in [2.05, 4.69) is 25.9 Å². The number of fused-ring (bicyclic) bond motifs is 1. The highest BCUT2D eigenvalue weighted by molar-refractivity contribution is 9.10. The Kier molecular flexibility index (Phi) is 3.04. The molecule has 2 rings (SSSR count). The summed E-state index contributed by atoms with van der Waals surface area (Å²) in [7, 11) is 1.62. The highest BCUT2D eigenvalue weighted by atomic mass is 79.9. The van der Waals surface area contributed by atoms with Crippen molar-refractivity contribution in [3.05, 3.63) is 28.5 Å². The van der Waals surface area contributed by atoms with Gasteiger partial charge >= 0.3 is 0 Å². The molecule has 1 aromatic heterocycles. The molecule has 0 fully saturated rings. The number of aromatic amines is 1. The summed E-state index contributed by atoms with van der Waals surface area (Å²) >= 11 is 3.41. The van der Waals surface area contributed by atoms with Crippen molar-refractivity contribution in [3.63, 3.8) is 0 Å². The molecule has 0 aliphatic carbocycles. The maximum atomic E-state index is 5.88. The molecule has 0 bridgehead atoms. The fraction of sp³-hybridized carbons (Fsp3) is 0.300. The molecule has 0 amide bonds. The van der Waals surface area contributed by atoms with Crippen molar-refractivity contribution in [1.29, 1.82) is 0 Å². The number of nitrogens with two attached hydrogens (primary N) is 1. The number of hydrogen-bond acceptors (Lipinski definition) is 3. The van der Waals surface area contributed by atoms with Crippen LogP contribution in [0.25, 0.3) is 11.0 Å². The fourth-order valence-electron chi connectivity index (χ4n) is 1.44. The van der Waals surface area contributed by atoms with Crippen LogP contribution >= 0.6 is 15.9 Å². The summed E-state index contributed by atoms with van der Waals surface area (Å²) in [5.41, 5.74) is 7.77. The van der Waals surface area contributed by atoms with Gasteiger partial charge in [-0.2, -0.15) is 0 Å². The van der Waals surface area contributed by atoms with Gasteiger partial charge in [0.1, 0.15) is 5.82 Å². The van der Waals surface area contributed by atoms with E-state index in [1.807, 2.05) is 18.2 Å². The van der Waals surface area contributed by atoms with Gasteiger partial charge in [0.15, 0.2) is 0 Å². The first-order valence-corrected chi connectivity index (χ1v) is 5.39. The maximum Gasteiger partial charge on any atom is 0.126 e. The zero-order valence-corrected chi connectivity index (χ0v) is 9.91. The molecule has 3 N–H and O–H groups in total. The molecule has 4 nitrogen and oxygen atoms in total. The molecule has 1 heterocycles. The molecule has 1 atom stereocenters. The number of methoxy groups -OCH3 is 1. The Morgan fingerprint density at radius 2 is 2.40 bits per heavy atom. The van der Waals surface area contributed by atoms with E-state index in [9.17, 15) is 0 Å². The van der Waals surface area contributed by atoms with Crippen LogP contribution in [0, 0.1) is 0 Å². The van der Waals surface area contributed by atoms with Crippen LogP contribution in [0.1, 0.15) is 11.9 Å². The van der Waals surface area contributed by atoms with Crippen LogP contribution in [0.3, 0.4) is 0 Å². The lowest BCUT2D eigenvalue weighted by atomic mass is 10.3. The van der Waals surface area contributed by atoms with E-state index < -0.39 is 0 Å². The molecule has 2 aromatic rings. The van der Waals surface area contributed by atoms with Crippen molar-refractivity contribution in [2.24, 2.45) is 5.73 Å². The number of benzene rings is 1. The number of rotatable bonds is 3. The van der Waals surface area contributed by atoms with Crippen molar-refractivity contribution < 1.29 is 4.74 Å². The van der Waals surface area contributed by atoms with E-state index in [4.69, 9.17) is 10.5 Å². The van der Waals surface area contributed by atoms with Crippen molar-refractivity contribution in [1.82, 2.24) is 9.97 Å². The molecule has 80 valence electrons. The van der Waals surface area contributed by atoms with Gasteiger partial charge in [-0.25, -0.2) is 4.98 Å². The average Bonchev–Trinajstić information content (AvgIpc) is 2.60. The van der Waals surface area contributed by atoms with E-state index in [1.54, 1.807) is 7.11 Å². The number of halogens is 1. The minimum absolute atomic E-state index is 0.207. The number of nitrogens with one attached hydrogen (secondary N) is 1. The summed E-state index contributed by atoms with van der Waals surface area (Å²) in [5, 5.41) is 0. The minimum Gasteiger partial charge on any atom is -0.383 e. The van der Waals surface area contributed by atoms with Crippen LogP contribution in [0.15, 0.2) is 22.7 Å². The van der Waals surface area contributed by atoms with Gasteiger partial charge in [0.05, 0.1) is 23.7 Å². The first-order chi connectivity index (χ1) is 7.20. The second-order valence-electron chi connectivity index (χ2n) is 3.35. The summed E-state index contributed by atoms with van der Waals surface area (Å²) in [6.07, 6.45) is 0. The highest BCUT2D eigenvalue weighted by Crippen LogP contribution is 2.19. The number of hydrogen-bond donors (Lipinski definition) is 2. The molecule has 0 aliphatic rings. The van der Waals surface area contributed by atoms with Crippen molar-refractivity contribution in [2.75, 3.05) is 13.7 Å². The second-order valence-corrected chi connectivity index (χ2v) is 4.26. The van der Waals surface area contributed by atoms with Gasteiger partial charge in [0, 0.05) is 11.6 Å². The number of H-pyrrole nitrogens is 1. The van der Waals surface area contributed by atoms with E-state index in [-0.39, 0.29) is 6.04 Å². The number of aromatic nitrogens is 2. The van der Waals surface area contributed by atoms with Crippen molar-refractivity contribution in [3.8, 4) is 0 Å². The molecule has 0 aliphatic heterocycles. The molecule has 0 radical (unpaired) electrons. The summed E-state index contributed by atoms with van der Waals surface area (Å²) < 4.78 is 6.00. The first kappa shape index (κ1) is 10.6. The van der Waals surface area contributed by atoms with E-state index in [0.29, 0.717) is 6.61 Å². The highest BCUT2D eigenvalue weighted by Gasteiger charge is 2.10. The molecule has 0 spiro atoms. The average molecular weight is 270 g/mol. The normalized spacial score (nSPS) is 13.3. The summed E-state index contributed by atoms with van der Waals surface area (Å²) in [5.74, 6) is 0.755. The minimum atomic E-state index is -0.207. The van der Waals surface area contributed by atoms with Crippen LogP contribution in [0.2, 0.25) is 0 Å². The number of ether oxygens (including phenoxy) is 1. The lowest BCUT2D eigenvalue weighted by molar-refractivity contribution is 0.178. The van der Waals surface area contributed by atoms with Crippen molar-refractivity contribution in [2.45, 2.75) is 6.04 Å². The topological polar surface area (TPSA) is 63.9 Å². The van der Waals surface area contributed by atoms with Crippen LogP contribution in [0.5, 0.6) is 0 Å². The zero-order valence-electron chi connectivity index (χ0n) is 8.33. The summed E-state index contributed by atoms with van der Waals surface area (Å²) in [6, 6.07) is 5.67. The fourth-order valence-corrected chi connectivity index (χ4v) is 1.80. The zero-order chi connectivity index (χ0) is 10.8. The van der Waals surface area contributed by atoms with Gasteiger partial charge < -0.3 is 15.5 Å². The van der Waals surface area contributed by atoms with E-state index >= 15 is 0 Å². The number of nitrogens with zero attached hydrogens (tertiary/aromatic N) is 1. The van der Waals surface area contributed by atoms with E-state index in [1.165, 1.54) is 0 Å². The third-order valence-corrected chi connectivity index (χ3v) is 2.65. The summed E-state index contributed by atoms with van der Waals surface area (Å²) in [4.78, 5) is 7.57. The predicted molar refractivity (Wildman–Crippen MR) is 62.6 cm³/mol. The first-order valence-electron chi connectivity index (χ1n) is 4.60. The van der Waals surface area contributed by atoms with Crippen LogP contribution < -0.4 is 5.73 Å². The molecule has 15 heavy (non-hydrogen) atoms. The molecule has 0 saturated heterocycles. The SMILES string of the molecule is COCC(N)c1nc2ccc(Br)cc2[nH]1. The van der Waals surface area contributed by atoms with Crippen LogP contribution in [-0.2, 0) is 4.74 Å². The third kappa shape index (κ3) is 2.19. The van der Waals surface area contributed by atoms with Gasteiger partial charge in [0.2, 0.25) is 0 Å². The molecular formula is C10H12BrN3O. The van der Waals surface area contributed by atoms with Gasteiger partial charge in [-0.05, 0) is 18.2 Å². The number of imidazole rings is 1. The van der Waals surface area contributed by atoms with E-state index in [0.717, 1.165) is 21.3 Å². The molecule has 5 heteroatoms. The largest absolute Gasteiger partial charge is 0.383 e. The predicted octanol–water partition coefficient (Wildman–Crippen LogP) is 1.97. The maximum absolute atomic E-state index is 5.88. The van der Waals surface area contributed by atoms with Gasteiger partial charge in [0.25, 0.3) is 0 Å². The Balaban J connectivity index is 2.38. The van der Waals surface area contributed by atoms with Crippen LogP contribution in [-0.4, -0.2) is 23.7 Å². The lowest BCUT2D eigenvalue weighted by Gasteiger charge is -2.05. The Morgan fingerprint density at radius 1 is 1.60 bits per heavy atom. The molecule has 1 aromatic carbocycles. The van der Waals surface area contributed by atoms with Gasteiger partial charge in [-0.1, -0.05) is 15.9 Å². The van der Waals surface area contributed by atoms with Crippen molar-refractivity contribution >= 4 is 27.0 Å². The Hall–Kier alpha value is -0.910. The Bertz CT molecular complexity index is 469. The standard InChI is InChI=1S/C10H12BrN3O/c1-15-5-7(12)10-13-8-3-2-6(11)4-9(8)14-10/h2-4,7H,5,12H2,1H3,(H,13,14). The second kappa shape index (κ2) is 4.30. The molecule has 0 saturated carbocycles. The third-order valence-electron chi connectivity index (χ3n) is 2.16. The Morgan fingerprint density at radius 3 is 3.13 bits per heavy atom. The smallest absolute Gasteiger partial charge is 0.126 e. The van der Waals surface area contributed by atoms with Crippen LogP contribution in [0.4, 0.5) is 0 Å². The quantitative estimate of drug-likeness (QED) is 0.896.